The van der Waals surface area contributed by atoms with E-state index >= 15 is 0 Å². The van der Waals surface area contributed by atoms with E-state index in [4.69, 9.17) is 16.7 Å². The van der Waals surface area contributed by atoms with Crippen molar-refractivity contribution in [3.8, 4) is 11.8 Å². The molecule has 0 atom stereocenters. The number of carbonyl (C=O) groups is 1. The Hall–Kier alpha value is -2.29. The lowest BCUT2D eigenvalue weighted by Crippen LogP contribution is -2.22. The van der Waals surface area contributed by atoms with Crippen molar-refractivity contribution < 1.29 is 14.4 Å². The minimum Gasteiger partial charge on any atom is -0.395 e. The van der Waals surface area contributed by atoms with Crippen LogP contribution in [0.2, 0.25) is 5.02 Å². The van der Waals surface area contributed by atoms with Crippen LogP contribution >= 0.6 is 11.6 Å². The fourth-order valence-electron chi connectivity index (χ4n) is 1.57. The van der Waals surface area contributed by atoms with Crippen molar-refractivity contribution in [1.29, 1.82) is 0 Å². The predicted octanol–water partition coefficient (Wildman–Crippen LogP) is 1.99. The maximum absolute atomic E-state index is 12.0. The number of aliphatic hydroxyl groups excluding tert-OH is 1. The SMILES string of the molecule is O=C(NCc1ccon1)c1ccc(C#CCCO)c(Cl)c1. The third-order valence-electron chi connectivity index (χ3n) is 2.61. The normalized spacial score (nSPS) is 9.81. The molecule has 21 heavy (non-hydrogen) atoms. The highest BCUT2D eigenvalue weighted by Crippen LogP contribution is 2.17. The largest absolute Gasteiger partial charge is 0.395 e. The van der Waals surface area contributed by atoms with Crippen molar-refractivity contribution in [2.24, 2.45) is 0 Å². The lowest BCUT2D eigenvalue weighted by molar-refractivity contribution is 0.0950. The van der Waals surface area contributed by atoms with Crippen LogP contribution in [0.5, 0.6) is 0 Å². The molecule has 0 aliphatic heterocycles. The summed E-state index contributed by atoms with van der Waals surface area (Å²) in [5, 5.41) is 15.5. The number of nitrogens with one attached hydrogen (secondary N) is 1. The van der Waals surface area contributed by atoms with Crippen molar-refractivity contribution in [2.75, 3.05) is 6.61 Å². The second kappa shape index (κ2) is 7.48. The third-order valence-corrected chi connectivity index (χ3v) is 2.93. The second-order valence-electron chi connectivity index (χ2n) is 4.14. The molecule has 1 aromatic heterocycles. The first kappa shape index (κ1) is 15.1. The maximum atomic E-state index is 12.0. The Morgan fingerprint density at radius 2 is 2.29 bits per heavy atom. The van der Waals surface area contributed by atoms with Crippen molar-refractivity contribution in [3.63, 3.8) is 0 Å². The van der Waals surface area contributed by atoms with Crippen LogP contribution in [-0.2, 0) is 6.54 Å². The minimum atomic E-state index is -0.255. The molecule has 0 unspecified atom stereocenters. The van der Waals surface area contributed by atoms with Crippen molar-refractivity contribution in [3.05, 3.63) is 52.4 Å². The Bertz CT molecular complexity index is 672. The Balaban J connectivity index is 2.02. The van der Waals surface area contributed by atoms with Crippen LogP contribution in [0.4, 0.5) is 0 Å². The first-order chi connectivity index (χ1) is 10.2. The fraction of sp³-hybridized carbons (Fsp3) is 0.200. The molecule has 0 fully saturated rings. The summed E-state index contributed by atoms with van der Waals surface area (Å²) in [6, 6.07) is 6.56. The van der Waals surface area contributed by atoms with Crippen LogP contribution in [-0.4, -0.2) is 22.8 Å². The van der Waals surface area contributed by atoms with E-state index in [-0.39, 0.29) is 19.1 Å². The summed E-state index contributed by atoms with van der Waals surface area (Å²) in [7, 11) is 0. The van der Waals surface area contributed by atoms with Gasteiger partial charge in [0.1, 0.15) is 12.0 Å². The van der Waals surface area contributed by atoms with Crippen LogP contribution < -0.4 is 5.32 Å². The highest BCUT2D eigenvalue weighted by molar-refractivity contribution is 6.32. The van der Waals surface area contributed by atoms with Crippen LogP contribution in [0.1, 0.15) is 28.0 Å². The number of amides is 1. The van der Waals surface area contributed by atoms with Crippen molar-refractivity contribution in [1.82, 2.24) is 10.5 Å². The molecule has 1 heterocycles. The van der Waals surface area contributed by atoms with E-state index in [9.17, 15) is 4.79 Å². The summed E-state index contributed by atoms with van der Waals surface area (Å²) in [5.74, 6) is 5.36. The zero-order chi connectivity index (χ0) is 15.1. The molecule has 2 N–H and O–H groups in total. The molecule has 2 rings (SSSR count). The molecule has 0 bridgehead atoms. The zero-order valence-corrected chi connectivity index (χ0v) is 11.9. The number of aliphatic hydroxyl groups is 1. The second-order valence-corrected chi connectivity index (χ2v) is 4.55. The molecule has 5 nitrogen and oxygen atoms in total. The molecule has 1 amide bonds. The predicted molar refractivity (Wildman–Crippen MR) is 77.7 cm³/mol. The van der Waals surface area contributed by atoms with Crippen molar-refractivity contribution >= 4 is 17.5 Å². The zero-order valence-electron chi connectivity index (χ0n) is 11.1. The Morgan fingerprint density at radius 1 is 1.43 bits per heavy atom. The van der Waals surface area contributed by atoms with Crippen LogP contribution in [0.25, 0.3) is 0 Å². The summed E-state index contributed by atoms with van der Waals surface area (Å²) >= 11 is 6.08. The molecular formula is C15H13ClN2O3. The van der Waals surface area contributed by atoms with Gasteiger partial charge in [0.15, 0.2) is 0 Å². The van der Waals surface area contributed by atoms with E-state index in [1.165, 1.54) is 6.26 Å². The Morgan fingerprint density at radius 3 is 2.95 bits per heavy atom. The van der Waals surface area contributed by atoms with Gasteiger partial charge >= 0.3 is 0 Å². The number of benzene rings is 1. The smallest absolute Gasteiger partial charge is 0.251 e. The highest BCUT2D eigenvalue weighted by Gasteiger charge is 2.08. The van der Waals surface area contributed by atoms with Crippen LogP contribution in [0, 0.1) is 11.8 Å². The number of aromatic nitrogens is 1. The summed E-state index contributed by atoms with van der Waals surface area (Å²) < 4.78 is 4.68. The van der Waals surface area contributed by atoms with Gasteiger partial charge in [0.05, 0.1) is 18.2 Å². The molecule has 108 valence electrons. The van der Waals surface area contributed by atoms with Gasteiger partial charge in [-0.25, -0.2) is 0 Å². The number of hydrogen-bond acceptors (Lipinski definition) is 4. The number of nitrogens with zero attached hydrogens (tertiary/aromatic N) is 1. The highest BCUT2D eigenvalue weighted by atomic mass is 35.5. The fourth-order valence-corrected chi connectivity index (χ4v) is 1.80. The standard InChI is InChI=1S/C15H13ClN2O3/c16-14-9-12(5-4-11(14)3-1-2-7-19)15(20)17-10-13-6-8-21-18-13/h4-6,8-9,19H,2,7,10H2,(H,17,20). The van der Waals surface area contributed by atoms with E-state index in [1.807, 2.05) is 0 Å². The van der Waals surface area contributed by atoms with Crippen LogP contribution in [0.15, 0.2) is 35.1 Å². The van der Waals surface area contributed by atoms with E-state index < -0.39 is 0 Å². The van der Waals surface area contributed by atoms with Gasteiger partial charge < -0.3 is 14.9 Å². The monoisotopic (exact) mass is 304 g/mol. The molecule has 0 spiro atoms. The van der Waals surface area contributed by atoms with E-state index in [0.29, 0.717) is 28.3 Å². The molecule has 0 saturated carbocycles. The lowest BCUT2D eigenvalue weighted by Gasteiger charge is -2.04. The molecule has 0 saturated heterocycles. The van der Waals surface area contributed by atoms with E-state index in [2.05, 4.69) is 26.8 Å². The first-order valence-electron chi connectivity index (χ1n) is 6.27. The number of halogens is 1. The molecule has 1 aromatic carbocycles. The van der Waals surface area contributed by atoms with E-state index in [0.717, 1.165) is 0 Å². The quantitative estimate of drug-likeness (QED) is 0.847. The van der Waals surface area contributed by atoms with Gasteiger partial charge in [0.2, 0.25) is 0 Å². The molecule has 2 aromatic rings. The van der Waals surface area contributed by atoms with Gasteiger partial charge in [-0.05, 0) is 18.2 Å². The Kier molecular flexibility index (Phi) is 5.38. The van der Waals surface area contributed by atoms with Gasteiger partial charge in [-0.3, -0.25) is 4.79 Å². The molecule has 6 heteroatoms. The summed E-state index contributed by atoms with van der Waals surface area (Å²) in [6.45, 7) is 0.290. The lowest BCUT2D eigenvalue weighted by atomic mass is 10.1. The minimum absolute atomic E-state index is 0.00710. The van der Waals surface area contributed by atoms with Gasteiger partial charge in [-0.2, -0.15) is 0 Å². The van der Waals surface area contributed by atoms with Gasteiger partial charge in [0, 0.05) is 23.6 Å². The Labute approximate surface area is 126 Å². The third kappa shape index (κ3) is 4.35. The summed E-state index contributed by atoms with van der Waals surface area (Å²) in [4.78, 5) is 12.0. The molecule has 0 radical (unpaired) electrons. The van der Waals surface area contributed by atoms with Gasteiger partial charge in [0.25, 0.3) is 5.91 Å². The molecule has 0 aliphatic rings. The number of rotatable bonds is 4. The summed E-state index contributed by atoms with van der Waals surface area (Å²) in [6.07, 6.45) is 1.83. The van der Waals surface area contributed by atoms with Gasteiger partial charge in [-0.1, -0.05) is 28.6 Å². The maximum Gasteiger partial charge on any atom is 0.251 e. The van der Waals surface area contributed by atoms with Gasteiger partial charge in [-0.15, -0.1) is 0 Å². The molecular weight excluding hydrogens is 292 g/mol. The average Bonchev–Trinajstić information content (AvgIpc) is 3.00. The molecule has 0 aliphatic carbocycles. The summed E-state index contributed by atoms with van der Waals surface area (Å²) in [5.41, 5.74) is 1.70. The first-order valence-corrected chi connectivity index (χ1v) is 6.65. The van der Waals surface area contributed by atoms with Crippen LogP contribution in [0.3, 0.4) is 0 Å². The van der Waals surface area contributed by atoms with Crippen molar-refractivity contribution in [2.45, 2.75) is 13.0 Å². The van der Waals surface area contributed by atoms with E-state index in [1.54, 1.807) is 24.3 Å². The number of hydrogen-bond donors (Lipinski definition) is 2. The topological polar surface area (TPSA) is 75.4 Å². The average molecular weight is 305 g/mol. The number of carbonyl (C=O) groups excluding carboxylic acids is 1.